The van der Waals surface area contributed by atoms with Crippen LogP contribution in [0, 0.1) is 6.92 Å². The first-order valence-corrected chi connectivity index (χ1v) is 11.1. The Labute approximate surface area is 193 Å². The first-order chi connectivity index (χ1) is 16.0. The molecule has 0 fully saturated rings. The number of thiophene rings is 1. The number of hydrazine groups is 1. The molecule has 0 aliphatic heterocycles. The van der Waals surface area contributed by atoms with E-state index in [0.717, 1.165) is 4.88 Å². The quantitative estimate of drug-likeness (QED) is 0.397. The molecule has 4 aromatic rings. The number of hydrogen-bond acceptors (Lipinski definition) is 8. The zero-order chi connectivity index (χ0) is 23.4. The standard InChI is InChI=1S/C23H22N4O5S/c1-4-30-15-7-9-16(10-8-15)31-14(3)21(28)25-26-22(29)17-12-18(19-6-5-11-33-19)24-23-20(17)13(2)27-32-23/h5-12,14H,4H2,1-3H3,(H,25,28)(H,26,29). The third kappa shape index (κ3) is 4.96. The van der Waals surface area contributed by atoms with Crippen molar-refractivity contribution >= 4 is 34.3 Å². The number of carbonyl (C=O) groups is 2. The molecule has 3 heterocycles. The molecule has 10 heteroatoms. The van der Waals surface area contributed by atoms with E-state index in [1.54, 1.807) is 44.2 Å². The highest BCUT2D eigenvalue weighted by Crippen LogP contribution is 2.29. The number of hydrogen-bond donors (Lipinski definition) is 2. The fraction of sp³-hybridized carbons (Fsp3) is 0.217. The van der Waals surface area contributed by atoms with Crippen molar-refractivity contribution in [3.05, 3.63) is 59.1 Å². The molecule has 33 heavy (non-hydrogen) atoms. The Balaban J connectivity index is 1.44. The second-order valence-electron chi connectivity index (χ2n) is 7.09. The summed E-state index contributed by atoms with van der Waals surface area (Å²) in [7, 11) is 0. The van der Waals surface area contributed by atoms with E-state index in [0.29, 0.717) is 40.4 Å². The number of nitrogens with one attached hydrogen (secondary N) is 2. The van der Waals surface area contributed by atoms with E-state index >= 15 is 0 Å². The van der Waals surface area contributed by atoms with Crippen LogP contribution < -0.4 is 20.3 Å². The summed E-state index contributed by atoms with van der Waals surface area (Å²) in [5, 5.41) is 6.32. The summed E-state index contributed by atoms with van der Waals surface area (Å²) in [6, 6.07) is 12.4. The molecule has 1 aromatic carbocycles. The van der Waals surface area contributed by atoms with Crippen molar-refractivity contribution < 1.29 is 23.6 Å². The Hall–Kier alpha value is -3.92. The second kappa shape index (κ2) is 9.70. The van der Waals surface area contributed by atoms with Crippen molar-refractivity contribution in [3.8, 4) is 22.1 Å². The van der Waals surface area contributed by atoms with Crippen LogP contribution in [0.4, 0.5) is 0 Å². The third-order valence-electron chi connectivity index (χ3n) is 4.75. The van der Waals surface area contributed by atoms with Gasteiger partial charge in [0.05, 0.1) is 33.8 Å². The lowest BCUT2D eigenvalue weighted by Gasteiger charge is -2.15. The van der Waals surface area contributed by atoms with Gasteiger partial charge in [-0.25, -0.2) is 4.98 Å². The van der Waals surface area contributed by atoms with E-state index in [2.05, 4.69) is 21.0 Å². The van der Waals surface area contributed by atoms with Crippen molar-refractivity contribution in [1.82, 2.24) is 21.0 Å². The molecule has 0 bridgehead atoms. The Bertz CT molecular complexity index is 1270. The summed E-state index contributed by atoms with van der Waals surface area (Å²) in [6.45, 7) is 5.77. The van der Waals surface area contributed by atoms with Gasteiger partial charge in [-0.05, 0) is 62.5 Å². The minimum atomic E-state index is -0.847. The molecule has 1 unspecified atom stereocenters. The molecule has 3 aromatic heterocycles. The molecule has 4 rings (SSSR count). The fourth-order valence-electron chi connectivity index (χ4n) is 3.15. The van der Waals surface area contributed by atoms with Crippen LogP contribution in [0.25, 0.3) is 21.7 Å². The Morgan fingerprint density at radius 3 is 2.61 bits per heavy atom. The lowest BCUT2D eigenvalue weighted by molar-refractivity contribution is -0.128. The van der Waals surface area contributed by atoms with Gasteiger partial charge in [-0.3, -0.25) is 20.4 Å². The zero-order valence-electron chi connectivity index (χ0n) is 18.2. The smallest absolute Gasteiger partial charge is 0.279 e. The molecule has 0 saturated carbocycles. The summed E-state index contributed by atoms with van der Waals surface area (Å²) >= 11 is 1.49. The third-order valence-corrected chi connectivity index (χ3v) is 5.64. The van der Waals surface area contributed by atoms with Crippen molar-refractivity contribution in [2.45, 2.75) is 26.9 Å². The summed E-state index contributed by atoms with van der Waals surface area (Å²) in [6.07, 6.45) is -0.847. The van der Waals surface area contributed by atoms with E-state index in [-0.39, 0.29) is 5.71 Å². The highest BCUT2D eigenvalue weighted by Gasteiger charge is 2.21. The van der Waals surface area contributed by atoms with E-state index < -0.39 is 17.9 Å². The maximum absolute atomic E-state index is 12.9. The van der Waals surface area contributed by atoms with Crippen molar-refractivity contribution in [3.63, 3.8) is 0 Å². The topological polar surface area (TPSA) is 116 Å². The highest BCUT2D eigenvalue weighted by molar-refractivity contribution is 7.13. The van der Waals surface area contributed by atoms with Crippen molar-refractivity contribution in [1.29, 1.82) is 0 Å². The van der Waals surface area contributed by atoms with Gasteiger partial charge in [-0.1, -0.05) is 11.2 Å². The molecule has 0 radical (unpaired) electrons. The van der Waals surface area contributed by atoms with Crippen LogP contribution in [0.2, 0.25) is 0 Å². The Morgan fingerprint density at radius 2 is 1.91 bits per heavy atom. The first-order valence-electron chi connectivity index (χ1n) is 10.3. The Kier molecular flexibility index (Phi) is 6.55. The molecule has 0 aliphatic rings. The van der Waals surface area contributed by atoms with Crippen molar-refractivity contribution in [2.75, 3.05) is 6.61 Å². The van der Waals surface area contributed by atoms with Gasteiger partial charge in [0.2, 0.25) is 0 Å². The van der Waals surface area contributed by atoms with Crippen LogP contribution in [0.15, 0.2) is 52.4 Å². The molecular weight excluding hydrogens is 444 g/mol. The molecule has 0 spiro atoms. The van der Waals surface area contributed by atoms with Gasteiger partial charge in [0.1, 0.15) is 11.5 Å². The maximum atomic E-state index is 12.9. The summed E-state index contributed by atoms with van der Waals surface area (Å²) < 4.78 is 16.3. The van der Waals surface area contributed by atoms with Gasteiger partial charge in [0.15, 0.2) is 6.10 Å². The number of carbonyl (C=O) groups excluding carboxylic acids is 2. The molecule has 2 N–H and O–H groups in total. The van der Waals surface area contributed by atoms with Crippen LogP contribution in [-0.2, 0) is 4.79 Å². The first kappa shape index (κ1) is 22.3. The average Bonchev–Trinajstić information content (AvgIpc) is 3.48. The van der Waals surface area contributed by atoms with Crippen LogP contribution in [0.1, 0.15) is 29.9 Å². The van der Waals surface area contributed by atoms with E-state index in [1.165, 1.54) is 11.3 Å². The normalized spacial score (nSPS) is 11.7. The molecule has 0 aliphatic carbocycles. The lowest BCUT2D eigenvalue weighted by Crippen LogP contribution is -2.47. The molecular formula is C23H22N4O5S. The molecule has 9 nitrogen and oxygen atoms in total. The van der Waals surface area contributed by atoms with Gasteiger partial charge in [-0.2, -0.15) is 0 Å². The lowest BCUT2D eigenvalue weighted by atomic mass is 10.1. The van der Waals surface area contributed by atoms with Gasteiger partial charge >= 0.3 is 0 Å². The maximum Gasteiger partial charge on any atom is 0.279 e. The fourth-order valence-corrected chi connectivity index (χ4v) is 3.84. The number of amides is 2. The van der Waals surface area contributed by atoms with Crippen LogP contribution >= 0.6 is 11.3 Å². The van der Waals surface area contributed by atoms with Gasteiger partial charge < -0.3 is 14.0 Å². The number of aromatic nitrogens is 2. The minimum Gasteiger partial charge on any atom is -0.494 e. The van der Waals surface area contributed by atoms with Gasteiger partial charge in [0, 0.05) is 0 Å². The number of fused-ring (bicyclic) bond motifs is 1. The SMILES string of the molecule is CCOc1ccc(OC(C)C(=O)NNC(=O)c2cc(-c3cccs3)nc3onc(C)c23)cc1. The largest absolute Gasteiger partial charge is 0.494 e. The Morgan fingerprint density at radius 1 is 1.15 bits per heavy atom. The van der Waals surface area contributed by atoms with Crippen molar-refractivity contribution in [2.24, 2.45) is 0 Å². The number of nitrogens with zero attached hydrogens (tertiary/aromatic N) is 2. The average molecular weight is 467 g/mol. The number of pyridine rings is 1. The van der Waals surface area contributed by atoms with Crippen LogP contribution in [0.3, 0.4) is 0 Å². The highest BCUT2D eigenvalue weighted by atomic mass is 32.1. The summed E-state index contributed by atoms with van der Waals surface area (Å²) in [5.41, 5.74) is 6.50. The predicted molar refractivity (Wildman–Crippen MR) is 123 cm³/mol. The van der Waals surface area contributed by atoms with Gasteiger partial charge in [0.25, 0.3) is 17.5 Å². The minimum absolute atomic E-state index is 0.252. The molecule has 1 atom stereocenters. The number of benzene rings is 1. The summed E-state index contributed by atoms with van der Waals surface area (Å²) in [5.74, 6) is 0.184. The number of aryl methyl sites for hydroxylation is 1. The van der Waals surface area contributed by atoms with E-state index in [9.17, 15) is 9.59 Å². The van der Waals surface area contributed by atoms with Crippen LogP contribution in [-0.4, -0.2) is 34.7 Å². The van der Waals surface area contributed by atoms with Crippen LogP contribution in [0.5, 0.6) is 11.5 Å². The monoisotopic (exact) mass is 466 g/mol. The van der Waals surface area contributed by atoms with E-state index in [4.69, 9.17) is 14.0 Å². The molecule has 2 amide bonds. The molecule has 170 valence electrons. The van der Waals surface area contributed by atoms with Gasteiger partial charge in [-0.15, -0.1) is 11.3 Å². The molecule has 0 saturated heterocycles. The number of rotatable bonds is 7. The summed E-state index contributed by atoms with van der Waals surface area (Å²) in [4.78, 5) is 30.7. The van der Waals surface area contributed by atoms with E-state index in [1.807, 2.05) is 24.4 Å². The zero-order valence-corrected chi connectivity index (χ0v) is 19.1. The predicted octanol–water partition coefficient (Wildman–Crippen LogP) is 3.89. The second-order valence-corrected chi connectivity index (χ2v) is 8.04. The number of ether oxygens (including phenoxy) is 2.